The average molecular weight is 267 g/mol. The molecule has 0 amide bonds. The lowest BCUT2D eigenvalue weighted by molar-refractivity contribution is 0.567. The molecule has 6 heteroatoms. The number of aromatic nitrogens is 2. The molecule has 0 unspecified atom stereocenters. The van der Waals surface area contributed by atoms with Gasteiger partial charge in [0.25, 0.3) is 0 Å². The van der Waals surface area contributed by atoms with Crippen molar-refractivity contribution in [1.29, 1.82) is 0 Å². The highest BCUT2D eigenvalue weighted by molar-refractivity contribution is 7.80. The summed E-state index contributed by atoms with van der Waals surface area (Å²) in [6, 6.07) is 2.24. The van der Waals surface area contributed by atoms with Gasteiger partial charge in [0.2, 0.25) is 0 Å². The quantitative estimate of drug-likeness (QED) is 0.850. The standard InChI is InChI=1S/C12H11F2N3S/c1-6-7(2)17(5-16-6)11-9(13)3-8(12(15)18)4-10(11)14/h3-5H,1-2H3,(H2,15,18). The van der Waals surface area contributed by atoms with Crippen LogP contribution in [0.2, 0.25) is 0 Å². The number of hydrogen-bond donors (Lipinski definition) is 1. The Kier molecular flexibility index (Phi) is 3.13. The Labute approximate surface area is 108 Å². The lowest BCUT2D eigenvalue weighted by Gasteiger charge is -2.10. The van der Waals surface area contributed by atoms with E-state index in [1.54, 1.807) is 13.8 Å². The van der Waals surface area contributed by atoms with Gasteiger partial charge in [-0.05, 0) is 26.0 Å². The normalized spacial score (nSPS) is 10.7. The van der Waals surface area contributed by atoms with Gasteiger partial charge in [0.1, 0.15) is 10.7 Å². The largest absolute Gasteiger partial charge is 0.389 e. The molecular weight excluding hydrogens is 256 g/mol. The van der Waals surface area contributed by atoms with Crippen molar-refractivity contribution in [1.82, 2.24) is 9.55 Å². The van der Waals surface area contributed by atoms with Crippen LogP contribution in [0.1, 0.15) is 17.0 Å². The van der Waals surface area contributed by atoms with Crippen molar-refractivity contribution in [3.05, 3.63) is 47.0 Å². The molecule has 0 saturated heterocycles. The molecule has 2 aromatic rings. The van der Waals surface area contributed by atoms with Crippen molar-refractivity contribution < 1.29 is 8.78 Å². The Morgan fingerprint density at radius 1 is 1.28 bits per heavy atom. The first-order valence-electron chi connectivity index (χ1n) is 5.21. The number of aryl methyl sites for hydroxylation is 1. The van der Waals surface area contributed by atoms with Gasteiger partial charge in [-0.1, -0.05) is 12.2 Å². The first-order valence-corrected chi connectivity index (χ1v) is 5.62. The van der Waals surface area contributed by atoms with E-state index in [1.807, 2.05) is 0 Å². The number of halogens is 2. The number of benzene rings is 1. The van der Waals surface area contributed by atoms with Gasteiger partial charge in [0.15, 0.2) is 11.6 Å². The second-order valence-electron chi connectivity index (χ2n) is 3.94. The monoisotopic (exact) mass is 267 g/mol. The van der Waals surface area contributed by atoms with Gasteiger partial charge in [-0.3, -0.25) is 4.57 Å². The molecule has 3 nitrogen and oxygen atoms in total. The molecule has 0 aliphatic rings. The molecular formula is C12H11F2N3S. The van der Waals surface area contributed by atoms with Crippen molar-refractivity contribution >= 4 is 17.2 Å². The van der Waals surface area contributed by atoms with Crippen molar-refractivity contribution in [2.45, 2.75) is 13.8 Å². The third-order valence-corrected chi connectivity index (χ3v) is 3.03. The summed E-state index contributed by atoms with van der Waals surface area (Å²) in [6.45, 7) is 3.51. The highest BCUT2D eigenvalue weighted by Gasteiger charge is 2.16. The van der Waals surface area contributed by atoms with Crippen LogP contribution in [-0.4, -0.2) is 14.5 Å². The minimum atomic E-state index is -0.724. The Morgan fingerprint density at radius 2 is 1.83 bits per heavy atom. The molecule has 0 bridgehead atoms. The van der Waals surface area contributed by atoms with Crippen LogP contribution in [0.5, 0.6) is 0 Å². The number of hydrogen-bond acceptors (Lipinski definition) is 2. The van der Waals surface area contributed by atoms with Crippen molar-refractivity contribution in [2.75, 3.05) is 0 Å². The molecule has 2 rings (SSSR count). The zero-order valence-electron chi connectivity index (χ0n) is 9.87. The first-order chi connectivity index (χ1) is 8.41. The second-order valence-corrected chi connectivity index (χ2v) is 4.38. The summed E-state index contributed by atoms with van der Waals surface area (Å²) >= 11 is 4.70. The van der Waals surface area contributed by atoms with E-state index in [-0.39, 0.29) is 16.2 Å². The number of nitrogens with zero attached hydrogens (tertiary/aromatic N) is 2. The SMILES string of the molecule is Cc1ncn(-c2c(F)cc(C(N)=S)cc2F)c1C. The van der Waals surface area contributed by atoms with Crippen LogP contribution >= 0.6 is 12.2 Å². The molecule has 94 valence electrons. The Morgan fingerprint density at radius 3 is 2.22 bits per heavy atom. The van der Waals surface area contributed by atoms with Crippen LogP contribution in [0.3, 0.4) is 0 Å². The molecule has 0 aliphatic carbocycles. The maximum atomic E-state index is 13.9. The maximum absolute atomic E-state index is 13.9. The molecule has 1 heterocycles. The van der Waals surface area contributed by atoms with Gasteiger partial charge in [-0.15, -0.1) is 0 Å². The maximum Gasteiger partial charge on any atom is 0.150 e. The summed E-state index contributed by atoms with van der Waals surface area (Å²) in [5.41, 5.74) is 6.74. The van der Waals surface area contributed by atoms with E-state index in [0.717, 1.165) is 12.1 Å². The zero-order chi connectivity index (χ0) is 13.4. The number of rotatable bonds is 2. The minimum absolute atomic E-state index is 0.0436. The summed E-state index contributed by atoms with van der Waals surface area (Å²) in [4.78, 5) is 3.97. The summed E-state index contributed by atoms with van der Waals surface area (Å²) in [5, 5.41) is 0. The van der Waals surface area contributed by atoms with Gasteiger partial charge < -0.3 is 5.73 Å². The topological polar surface area (TPSA) is 43.8 Å². The number of nitrogens with two attached hydrogens (primary N) is 1. The fourth-order valence-electron chi connectivity index (χ4n) is 1.66. The van der Waals surface area contributed by atoms with Crippen LogP contribution < -0.4 is 5.73 Å². The van der Waals surface area contributed by atoms with E-state index in [1.165, 1.54) is 10.9 Å². The Balaban J connectivity index is 2.66. The minimum Gasteiger partial charge on any atom is -0.389 e. The first kappa shape index (κ1) is 12.6. The summed E-state index contributed by atoms with van der Waals surface area (Å²) < 4.78 is 29.2. The van der Waals surface area contributed by atoms with E-state index in [2.05, 4.69) is 4.98 Å². The predicted molar refractivity (Wildman–Crippen MR) is 68.8 cm³/mol. The Hall–Kier alpha value is -1.82. The Bertz CT molecular complexity index is 611. The molecule has 0 atom stereocenters. The highest BCUT2D eigenvalue weighted by Crippen LogP contribution is 2.22. The van der Waals surface area contributed by atoms with Crippen LogP contribution in [0.15, 0.2) is 18.5 Å². The van der Waals surface area contributed by atoms with E-state index >= 15 is 0 Å². The third kappa shape index (κ3) is 1.99. The lowest BCUT2D eigenvalue weighted by atomic mass is 10.1. The van der Waals surface area contributed by atoms with Gasteiger partial charge >= 0.3 is 0 Å². The zero-order valence-corrected chi connectivity index (χ0v) is 10.7. The van der Waals surface area contributed by atoms with Crippen LogP contribution in [0.25, 0.3) is 5.69 Å². The number of thiocarbonyl (C=S) groups is 1. The van der Waals surface area contributed by atoms with E-state index in [0.29, 0.717) is 11.4 Å². The smallest absolute Gasteiger partial charge is 0.150 e. The molecule has 1 aromatic carbocycles. The number of imidazole rings is 1. The van der Waals surface area contributed by atoms with Crippen molar-refractivity contribution in [2.24, 2.45) is 5.73 Å². The fraction of sp³-hybridized carbons (Fsp3) is 0.167. The van der Waals surface area contributed by atoms with Crippen molar-refractivity contribution in [3.8, 4) is 5.69 Å². The second kappa shape index (κ2) is 4.45. The molecule has 0 radical (unpaired) electrons. The van der Waals surface area contributed by atoms with Crippen LogP contribution in [-0.2, 0) is 0 Å². The van der Waals surface area contributed by atoms with Crippen molar-refractivity contribution in [3.63, 3.8) is 0 Å². The molecule has 2 N–H and O–H groups in total. The van der Waals surface area contributed by atoms with Gasteiger partial charge in [-0.2, -0.15) is 0 Å². The van der Waals surface area contributed by atoms with E-state index in [4.69, 9.17) is 18.0 Å². The molecule has 0 spiro atoms. The molecule has 1 aromatic heterocycles. The van der Waals surface area contributed by atoms with Crippen LogP contribution in [0, 0.1) is 25.5 Å². The van der Waals surface area contributed by atoms with Gasteiger partial charge in [-0.25, -0.2) is 13.8 Å². The molecule has 0 fully saturated rings. The van der Waals surface area contributed by atoms with Gasteiger partial charge in [0.05, 0.1) is 12.0 Å². The third-order valence-electron chi connectivity index (χ3n) is 2.79. The highest BCUT2D eigenvalue weighted by atomic mass is 32.1. The van der Waals surface area contributed by atoms with Gasteiger partial charge in [0, 0.05) is 11.3 Å². The summed E-state index contributed by atoms with van der Waals surface area (Å²) in [7, 11) is 0. The summed E-state index contributed by atoms with van der Waals surface area (Å²) in [6.07, 6.45) is 1.38. The summed E-state index contributed by atoms with van der Waals surface area (Å²) in [5.74, 6) is -1.45. The molecule has 18 heavy (non-hydrogen) atoms. The molecule has 0 aliphatic heterocycles. The fourth-order valence-corrected chi connectivity index (χ4v) is 1.78. The van der Waals surface area contributed by atoms with E-state index in [9.17, 15) is 8.78 Å². The average Bonchev–Trinajstić information content (AvgIpc) is 2.60. The molecule has 0 saturated carbocycles. The predicted octanol–water partition coefficient (Wildman–Crippen LogP) is 2.40. The lowest BCUT2D eigenvalue weighted by Crippen LogP contribution is -2.12. The van der Waals surface area contributed by atoms with Crippen LogP contribution in [0.4, 0.5) is 8.78 Å². The van der Waals surface area contributed by atoms with E-state index < -0.39 is 11.6 Å².